The number of aliphatic hydroxyl groups excluding tert-OH is 2. The predicted octanol–water partition coefficient (Wildman–Crippen LogP) is 16.0. The number of hydrogen-bond donors (Lipinski definition) is 3. The van der Waals surface area contributed by atoms with E-state index < -0.39 is 18.2 Å². The normalized spacial score (nSPS) is 13.9. The summed E-state index contributed by atoms with van der Waals surface area (Å²) in [4.78, 5) is 26.2. The Morgan fingerprint density at radius 3 is 1.32 bits per heavy atom. The van der Waals surface area contributed by atoms with Crippen LogP contribution in [-0.2, 0) is 14.3 Å². The predicted molar refractivity (Wildman–Crippen MR) is 273 cm³/mol. The number of nitrogens with one attached hydrogen (secondary N) is 1. The molecule has 63 heavy (non-hydrogen) atoms. The van der Waals surface area contributed by atoms with E-state index in [9.17, 15) is 19.8 Å². The van der Waals surface area contributed by atoms with Gasteiger partial charge in [0.15, 0.2) is 0 Å². The van der Waals surface area contributed by atoms with Crippen LogP contribution in [0.1, 0.15) is 239 Å². The Kier molecular flexibility index (Phi) is 47.7. The maximum Gasteiger partial charge on any atom is 0.306 e. The van der Waals surface area contributed by atoms with Crippen molar-refractivity contribution in [3.05, 3.63) is 85.1 Å². The highest BCUT2D eigenvalue weighted by molar-refractivity contribution is 5.77. The van der Waals surface area contributed by atoms with Crippen LogP contribution in [0.4, 0.5) is 0 Å². The maximum atomic E-state index is 13.2. The lowest BCUT2D eigenvalue weighted by atomic mass is 10.0. The molecule has 0 aromatic rings. The highest BCUT2D eigenvalue weighted by atomic mass is 16.5. The summed E-state index contributed by atoms with van der Waals surface area (Å²) in [6.07, 6.45) is 65.0. The molecule has 0 bridgehead atoms. The number of ether oxygens (including phenoxy) is 1. The van der Waals surface area contributed by atoms with Crippen molar-refractivity contribution in [3.63, 3.8) is 0 Å². The Morgan fingerprint density at radius 2 is 0.857 bits per heavy atom. The van der Waals surface area contributed by atoms with Crippen LogP contribution in [0.25, 0.3) is 0 Å². The SMILES string of the molecule is CC/C=C/C=C/C=C/C=C\CCCCCC(CC(=O)NC(CO)C(O)CCCCCCCCCCCCCCCCCC)OC(=O)CCCCCCCCC/C=C/C=C/C=C/CC. The molecule has 0 aliphatic heterocycles. The van der Waals surface area contributed by atoms with E-state index in [0.29, 0.717) is 19.3 Å². The first-order chi connectivity index (χ1) is 31.0. The zero-order chi connectivity index (χ0) is 45.9. The van der Waals surface area contributed by atoms with Gasteiger partial charge in [-0.1, -0.05) is 247 Å². The molecule has 0 aliphatic rings. The third kappa shape index (κ3) is 45.4. The molecule has 0 spiro atoms. The van der Waals surface area contributed by atoms with Crippen LogP contribution in [0.3, 0.4) is 0 Å². The number of hydrogen-bond acceptors (Lipinski definition) is 5. The van der Waals surface area contributed by atoms with Crippen molar-refractivity contribution in [2.45, 2.75) is 257 Å². The second kappa shape index (κ2) is 50.0. The van der Waals surface area contributed by atoms with Gasteiger partial charge in [0.2, 0.25) is 5.91 Å². The van der Waals surface area contributed by atoms with E-state index in [2.05, 4.69) is 86.8 Å². The fourth-order valence-electron chi connectivity index (χ4n) is 7.68. The fraction of sp³-hybridized carbons (Fsp3) is 0.719. The Morgan fingerprint density at radius 1 is 0.476 bits per heavy atom. The molecule has 3 atom stereocenters. The molecule has 0 rings (SSSR count). The summed E-state index contributed by atoms with van der Waals surface area (Å²) in [5, 5.41) is 23.8. The summed E-state index contributed by atoms with van der Waals surface area (Å²) in [6, 6.07) is -0.721. The van der Waals surface area contributed by atoms with Gasteiger partial charge in [0.25, 0.3) is 0 Å². The summed E-state index contributed by atoms with van der Waals surface area (Å²) in [6.45, 7) is 6.21. The third-order valence-corrected chi connectivity index (χ3v) is 11.6. The quantitative estimate of drug-likeness (QED) is 0.0322. The van der Waals surface area contributed by atoms with Crippen LogP contribution < -0.4 is 5.32 Å². The van der Waals surface area contributed by atoms with E-state index in [1.54, 1.807) is 0 Å². The van der Waals surface area contributed by atoms with Crippen LogP contribution in [0.5, 0.6) is 0 Å². The molecule has 0 aromatic heterocycles. The van der Waals surface area contributed by atoms with Gasteiger partial charge in [0.05, 0.1) is 25.2 Å². The summed E-state index contributed by atoms with van der Waals surface area (Å²) in [5.41, 5.74) is 0. The number of rotatable bonds is 46. The van der Waals surface area contributed by atoms with Crippen molar-refractivity contribution >= 4 is 11.9 Å². The minimum atomic E-state index is -0.805. The summed E-state index contributed by atoms with van der Waals surface area (Å²) in [5.74, 6) is -0.530. The average molecular weight is 878 g/mol. The Labute approximate surface area is 389 Å². The topological polar surface area (TPSA) is 95.9 Å². The largest absolute Gasteiger partial charge is 0.462 e. The van der Waals surface area contributed by atoms with Gasteiger partial charge in [0, 0.05) is 6.42 Å². The highest BCUT2D eigenvalue weighted by Crippen LogP contribution is 2.18. The molecule has 0 radical (unpaired) electrons. The van der Waals surface area contributed by atoms with Gasteiger partial charge in [-0.05, 0) is 64.2 Å². The highest BCUT2D eigenvalue weighted by Gasteiger charge is 2.24. The lowest BCUT2D eigenvalue weighted by Crippen LogP contribution is -2.46. The molecular weight excluding hydrogens is 779 g/mol. The van der Waals surface area contributed by atoms with Crippen molar-refractivity contribution < 1.29 is 24.5 Å². The number of esters is 1. The van der Waals surface area contributed by atoms with E-state index in [0.717, 1.165) is 83.5 Å². The molecule has 0 saturated carbocycles. The molecule has 362 valence electrons. The number of carbonyl (C=O) groups excluding carboxylic acids is 2. The number of allylic oxidation sites excluding steroid dienone is 14. The Hall–Kier alpha value is -2.96. The van der Waals surface area contributed by atoms with Crippen LogP contribution in [0, 0.1) is 0 Å². The Bertz CT molecular complexity index is 1210. The molecule has 0 aliphatic carbocycles. The summed E-state index contributed by atoms with van der Waals surface area (Å²) < 4.78 is 5.91. The lowest BCUT2D eigenvalue weighted by Gasteiger charge is -2.24. The first-order valence-electron chi connectivity index (χ1n) is 26.4. The van der Waals surface area contributed by atoms with Crippen molar-refractivity contribution in [2.24, 2.45) is 0 Å². The average Bonchev–Trinajstić information content (AvgIpc) is 3.28. The minimum Gasteiger partial charge on any atom is -0.462 e. The molecule has 1 amide bonds. The van der Waals surface area contributed by atoms with E-state index >= 15 is 0 Å². The van der Waals surface area contributed by atoms with Crippen molar-refractivity contribution in [2.75, 3.05) is 6.61 Å². The smallest absolute Gasteiger partial charge is 0.306 e. The van der Waals surface area contributed by atoms with Gasteiger partial charge in [-0.2, -0.15) is 0 Å². The van der Waals surface area contributed by atoms with Gasteiger partial charge in [-0.3, -0.25) is 9.59 Å². The fourth-order valence-corrected chi connectivity index (χ4v) is 7.68. The standard InChI is InChI=1S/C57H99NO5/c1-4-7-10-13-16-19-22-25-27-29-31-34-37-40-43-46-49-55(60)54(52-59)58-56(61)51-53(48-45-42-39-36-33-30-24-21-18-15-12-9-6-3)63-57(62)50-47-44-41-38-35-32-28-26-23-20-17-14-11-8-5-2/h8-9,11-12,14-15,17-18,20-21,23-24,30,33,53-55,59-60H,4-7,10,13,16,19,22,25-29,31-32,34-52H2,1-3H3,(H,58,61)/b11-8+,12-9+,17-14+,18-15+,23-20+,24-21+,33-30-. The van der Waals surface area contributed by atoms with Crippen molar-refractivity contribution in [1.82, 2.24) is 5.32 Å². The number of aliphatic hydroxyl groups is 2. The van der Waals surface area contributed by atoms with Gasteiger partial charge in [-0.15, -0.1) is 0 Å². The van der Waals surface area contributed by atoms with Crippen LogP contribution in [-0.4, -0.2) is 46.9 Å². The second-order valence-electron chi connectivity index (χ2n) is 17.7. The zero-order valence-electron chi connectivity index (χ0n) is 41.2. The lowest BCUT2D eigenvalue weighted by molar-refractivity contribution is -0.151. The molecule has 3 unspecified atom stereocenters. The summed E-state index contributed by atoms with van der Waals surface area (Å²) >= 11 is 0. The first kappa shape index (κ1) is 60.0. The van der Waals surface area contributed by atoms with Gasteiger partial charge in [-0.25, -0.2) is 0 Å². The molecule has 0 saturated heterocycles. The van der Waals surface area contributed by atoms with E-state index in [1.807, 2.05) is 24.3 Å². The summed E-state index contributed by atoms with van der Waals surface area (Å²) in [7, 11) is 0. The van der Waals surface area contributed by atoms with Crippen LogP contribution in [0.15, 0.2) is 85.1 Å². The van der Waals surface area contributed by atoms with Gasteiger partial charge < -0.3 is 20.3 Å². The zero-order valence-corrected chi connectivity index (χ0v) is 41.2. The molecule has 0 aromatic carbocycles. The van der Waals surface area contributed by atoms with Crippen molar-refractivity contribution in [3.8, 4) is 0 Å². The molecule has 0 fully saturated rings. The number of unbranched alkanes of at least 4 members (excludes halogenated alkanes) is 25. The van der Waals surface area contributed by atoms with Crippen molar-refractivity contribution in [1.29, 1.82) is 0 Å². The molecular formula is C57H99NO5. The maximum absolute atomic E-state index is 13.2. The molecule has 3 N–H and O–H groups in total. The monoisotopic (exact) mass is 878 g/mol. The second-order valence-corrected chi connectivity index (χ2v) is 17.7. The molecule has 6 heteroatoms. The van der Waals surface area contributed by atoms with E-state index in [1.165, 1.54) is 109 Å². The molecule has 6 nitrogen and oxygen atoms in total. The Balaban J connectivity index is 4.61. The van der Waals surface area contributed by atoms with Crippen LogP contribution >= 0.6 is 0 Å². The van der Waals surface area contributed by atoms with E-state index in [-0.39, 0.29) is 24.9 Å². The third-order valence-electron chi connectivity index (χ3n) is 11.6. The van der Waals surface area contributed by atoms with Gasteiger partial charge >= 0.3 is 5.97 Å². The first-order valence-corrected chi connectivity index (χ1v) is 26.4. The number of amides is 1. The van der Waals surface area contributed by atoms with E-state index in [4.69, 9.17) is 4.74 Å². The minimum absolute atomic E-state index is 0.0427. The van der Waals surface area contributed by atoms with Gasteiger partial charge in [0.1, 0.15) is 6.10 Å². The molecule has 0 heterocycles. The van der Waals surface area contributed by atoms with Crippen LogP contribution in [0.2, 0.25) is 0 Å². The number of carbonyl (C=O) groups is 2.